The van der Waals surface area contributed by atoms with Crippen molar-refractivity contribution in [3.05, 3.63) is 54.1 Å². The highest BCUT2D eigenvalue weighted by Crippen LogP contribution is 2.42. The molecule has 0 aliphatic heterocycles. The van der Waals surface area contributed by atoms with E-state index in [-0.39, 0.29) is 5.91 Å². The SMILES string of the molecule is CCCOc1ccc(NC(=O)C2(c3ccc(OC)cc3)CCCC2)cc1. The molecule has 0 aromatic heterocycles. The van der Waals surface area contributed by atoms with E-state index in [1.54, 1.807) is 7.11 Å². The van der Waals surface area contributed by atoms with E-state index in [9.17, 15) is 4.79 Å². The number of hydrogen-bond acceptors (Lipinski definition) is 3. The molecule has 0 heterocycles. The highest BCUT2D eigenvalue weighted by atomic mass is 16.5. The van der Waals surface area contributed by atoms with Crippen LogP contribution in [0.2, 0.25) is 0 Å². The maximum atomic E-state index is 13.2. The van der Waals surface area contributed by atoms with E-state index < -0.39 is 5.41 Å². The zero-order valence-corrected chi connectivity index (χ0v) is 15.6. The lowest BCUT2D eigenvalue weighted by molar-refractivity contribution is -0.121. The lowest BCUT2D eigenvalue weighted by Crippen LogP contribution is -2.37. The summed E-state index contributed by atoms with van der Waals surface area (Å²) in [6.07, 6.45) is 4.88. The van der Waals surface area contributed by atoms with Gasteiger partial charge >= 0.3 is 0 Å². The van der Waals surface area contributed by atoms with Crippen LogP contribution in [0.4, 0.5) is 5.69 Å². The first-order valence-electron chi connectivity index (χ1n) is 9.37. The molecule has 1 N–H and O–H groups in total. The lowest BCUT2D eigenvalue weighted by atomic mass is 9.78. The fourth-order valence-electron chi connectivity index (χ4n) is 3.64. The van der Waals surface area contributed by atoms with Gasteiger partial charge in [0, 0.05) is 5.69 Å². The summed E-state index contributed by atoms with van der Waals surface area (Å²) in [5.74, 6) is 1.71. The molecule has 0 unspecified atom stereocenters. The highest BCUT2D eigenvalue weighted by Gasteiger charge is 2.42. The molecular weight excluding hydrogens is 326 g/mol. The van der Waals surface area contributed by atoms with Crippen LogP contribution in [0.15, 0.2) is 48.5 Å². The second-order valence-corrected chi connectivity index (χ2v) is 6.84. The molecular formula is C22H27NO3. The van der Waals surface area contributed by atoms with E-state index in [1.807, 2.05) is 48.5 Å². The van der Waals surface area contributed by atoms with Crippen molar-refractivity contribution in [1.82, 2.24) is 0 Å². The monoisotopic (exact) mass is 353 g/mol. The van der Waals surface area contributed by atoms with Gasteiger partial charge in [0.25, 0.3) is 0 Å². The van der Waals surface area contributed by atoms with Crippen molar-refractivity contribution in [3.8, 4) is 11.5 Å². The quantitative estimate of drug-likeness (QED) is 0.767. The number of benzene rings is 2. The summed E-state index contributed by atoms with van der Waals surface area (Å²) in [5, 5.41) is 3.11. The number of methoxy groups -OCH3 is 1. The molecule has 138 valence electrons. The number of hydrogen-bond donors (Lipinski definition) is 1. The summed E-state index contributed by atoms with van der Waals surface area (Å²) in [6, 6.07) is 15.5. The van der Waals surface area contributed by atoms with E-state index in [0.29, 0.717) is 6.61 Å². The predicted molar refractivity (Wildman–Crippen MR) is 104 cm³/mol. The molecule has 0 saturated heterocycles. The van der Waals surface area contributed by atoms with Crippen LogP contribution in [0.5, 0.6) is 11.5 Å². The van der Waals surface area contributed by atoms with Crippen molar-refractivity contribution < 1.29 is 14.3 Å². The molecule has 1 saturated carbocycles. The minimum absolute atomic E-state index is 0.0717. The Bertz CT molecular complexity index is 716. The minimum atomic E-state index is -0.455. The molecule has 0 spiro atoms. The zero-order chi connectivity index (χ0) is 18.4. The zero-order valence-electron chi connectivity index (χ0n) is 15.6. The summed E-state index contributed by atoms with van der Waals surface area (Å²) in [6.45, 7) is 2.78. The molecule has 2 aromatic carbocycles. The molecule has 0 atom stereocenters. The number of amides is 1. The second kappa shape index (κ2) is 8.26. The lowest BCUT2D eigenvalue weighted by Gasteiger charge is -2.28. The molecule has 4 heteroatoms. The molecule has 2 aromatic rings. The van der Waals surface area contributed by atoms with Crippen LogP contribution in [-0.2, 0) is 10.2 Å². The van der Waals surface area contributed by atoms with Gasteiger partial charge in [0.2, 0.25) is 5.91 Å². The largest absolute Gasteiger partial charge is 0.497 e. The van der Waals surface area contributed by atoms with Crippen LogP contribution in [0, 0.1) is 0 Å². The molecule has 1 aliphatic carbocycles. The highest BCUT2D eigenvalue weighted by molar-refractivity contribution is 5.99. The Kier molecular flexibility index (Phi) is 5.82. The maximum Gasteiger partial charge on any atom is 0.235 e. The topological polar surface area (TPSA) is 47.6 Å². The minimum Gasteiger partial charge on any atom is -0.497 e. The van der Waals surface area contributed by atoms with Gasteiger partial charge in [0.05, 0.1) is 19.1 Å². The van der Waals surface area contributed by atoms with Crippen LogP contribution >= 0.6 is 0 Å². The normalized spacial score (nSPS) is 15.5. The van der Waals surface area contributed by atoms with Gasteiger partial charge in [0.1, 0.15) is 11.5 Å². The smallest absolute Gasteiger partial charge is 0.235 e. The van der Waals surface area contributed by atoms with Crippen LogP contribution in [0.3, 0.4) is 0 Å². The summed E-state index contributed by atoms with van der Waals surface area (Å²) in [5.41, 5.74) is 1.42. The molecule has 4 nitrogen and oxygen atoms in total. The van der Waals surface area contributed by atoms with Gasteiger partial charge in [-0.1, -0.05) is 31.9 Å². The molecule has 1 aliphatic rings. The maximum absolute atomic E-state index is 13.2. The number of carbonyl (C=O) groups is 1. The fourth-order valence-corrected chi connectivity index (χ4v) is 3.64. The predicted octanol–water partition coefficient (Wildman–Crippen LogP) is 4.93. The summed E-state index contributed by atoms with van der Waals surface area (Å²) >= 11 is 0. The number of anilines is 1. The third-order valence-electron chi connectivity index (χ3n) is 5.12. The van der Waals surface area contributed by atoms with Crippen molar-refractivity contribution in [3.63, 3.8) is 0 Å². The number of ether oxygens (including phenoxy) is 2. The second-order valence-electron chi connectivity index (χ2n) is 6.84. The van der Waals surface area contributed by atoms with Gasteiger partial charge in [-0.2, -0.15) is 0 Å². The number of nitrogens with one attached hydrogen (secondary N) is 1. The Morgan fingerprint density at radius 1 is 1.00 bits per heavy atom. The van der Waals surface area contributed by atoms with Gasteiger partial charge in [-0.3, -0.25) is 4.79 Å². The Morgan fingerprint density at radius 2 is 1.62 bits per heavy atom. The molecule has 0 radical (unpaired) electrons. The standard InChI is InChI=1S/C22H27NO3/c1-3-16-26-20-12-8-18(9-13-20)23-21(24)22(14-4-5-15-22)17-6-10-19(25-2)11-7-17/h6-13H,3-5,14-16H2,1-2H3,(H,23,24). The molecule has 3 rings (SSSR count). The average Bonchev–Trinajstić information content (AvgIpc) is 3.19. The Morgan fingerprint density at radius 3 is 2.19 bits per heavy atom. The van der Waals surface area contributed by atoms with Crippen molar-refractivity contribution in [2.45, 2.75) is 44.4 Å². The van der Waals surface area contributed by atoms with Crippen molar-refractivity contribution >= 4 is 11.6 Å². The fraction of sp³-hybridized carbons (Fsp3) is 0.409. The van der Waals surface area contributed by atoms with E-state index in [4.69, 9.17) is 9.47 Å². The first kappa shape index (κ1) is 18.3. The van der Waals surface area contributed by atoms with Gasteiger partial charge in [-0.15, -0.1) is 0 Å². The summed E-state index contributed by atoms with van der Waals surface area (Å²) in [7, 11) is 1.65. The van der Waals surface area contributed by atoms with Crippen LogP contribution in [-0.4, -0.2) is 19.6 Å². The number of rotatable bonds is 7. The summed E-state index contributed by atoms with van der Waals surface area (Å²) in [4.78, 5) is 13.2. The summed E-state index contributed by atoms with van der Waals surface area (Å²) < 4.78 is 10.8. The molecule has 1 fully saturated rings. The Balaban J connectivity index is 1.76. The first-order valence-corrected chi connectivity index (χ1v) is 9.37. The Hall–Kier alpha value is -2.49. The van der Waals surface area contributed by atoms with Crippen molar-refractivity contribution in [2.24, 2.45) is 0 Å². The van der Waals surface area contributed by atoms with Gasteiger partial charge in [-0.05, 0) is 61.2 Å². The van der Waals surface area contributed by atoms with Crippen molar-refractivity contribution in [1.29, 1.82) is 0 Å². The first-order chi connectivity index (χ1) is 12.7. The van der Waals surface area contributed by atoms with Crippen LogP contribution in [0.25, 0.3) is 0 Å². The van der Waals surface area contributed by atoms with E-state index >= 15 is 0 Å². The van der Waals surface area contributed by atoms with Crippen LogP contribution < -0.4 is 14.8 Å². The van der Waals surface area contributed by atoms with E-state index in [1.165, 1.54) is 0 Å². The van der Waals surface area contributed by atoms with E-state index in [0.717, 1.165) is 54.9 Å². The van der Waals surface area contributed by atoms with E-state index in [2.05, 4.69) is 12.2 Å². The molecule has 1 amide bonds. The number of carbonyl (C=O) groups excluding carboxylic acids is 1. The van der Waals surface area contributed by atoms with Gasteiger partial charge in [0.15, 0.2) is 0 Å². The van der Waals surface area contributed by atoms with Gasteiger partial charge < -0.3 is 14.8 Å². The Labute approximate surface area is 155 Å². The van der Waals surface area contributed by atoms with Crippen molar-refractivity contribution in [2.75, 3.05) is 19.0 Å². The third kappa shape index (κ3) is 3.85. The van der Waals surface area contributed by atoms with Crippen LogP contribution in [0.1, 0.15) is 44.6 Å². The molecule has 0 bridgehead atoms. The third-order valence-corrected chi connectivity index (χ3v) is 5.12. The molecule has 26 heavy (non-hydrogen) atoms. The average molecular weight is 353 g/mol. The van der Waals surface area contributed by atoms with Gasteiger partial charge in [-0.25, -0.2) is 0 Å².